The Morgan fingerprint density at radius 1 is 1.38 bits per heavy atom. The first-order valence-corrected chi connectivity index (χ1v) is 8.35. The third-order valence-corrected chi connectivity index (χ3v) is 5.59. The zero-order valence-electron chi connectivity index (χ0n) is 12.2. The van der Waals surface area contributed by atoms with Crippen LogP contribution in [0.2, 0.25) is 0 Å². The van der Waals surface area contributed by atoms with Crippen LogP contribution < -0.4 is 0 Å². The Bertz CT molecular complexity index is 679. The number of halogens is 2. The van der Waals surface area contributed by atoms with Gasteiger partial charge in [-0.05, 0) is 62.1 Å². The SMILES string of the molecule is CC(Cl)c1nc2ccc(F)cc2n1CC1CC2CCC1C2. The van der Waals surface area contributed by atoms with E-state index < -0.39 is 0 Å². The molecule has 0 amide bonds. The number of benzene rings is 1. The van der Waals surface area contributed by atoms with E-state index in [-0.39, 0.29) is 11.2 Å². The molecule has 21 heavy (non-hydrogen) atoms. The van der Waals surface area contributed by atoms with Crippen LogP contribution >= 0.6 is 11.6 Å². The molecular formula is C17H20ClFN2. The van der Waals surface area contributed by atoms with Gasteiger partial charge in [0.2, 0.25) is 0 Å². The van der Waals surface area contributed by atoms with Crippen molar-refractivity contribution in [2.75, 3.05) is 0 Å². The van der Waals surface area contributed by atoms with Crippen LogP contribution in [0.3, 0.4) is 0 Å². The van der Waals surface area contributed by atoms with Gasteiger partial charge < -0.3 is 4.57 Å². The Morgan fingerprint density at radius 2 is 2.24 bits per heavy atom. The van der Waals surface area contributed by atoms with Crippen LogP contribution in [0.5, 0.6) is 0 Å². The Balaban J connectivity index is 1.75. The van der Waals surface area contributed by atoms with Gasteiger partial charge in [0, 0.05) is 6.54 Å². The number of rotatable bonds is 3. The number of alkyl halides is 1. The van der Waals surface area contributed by atoms with Gasteiger partial charge in [0.05, 0.1) is 16.4 Å². The molecule has 2 aromatic rings. The first-order chi connectivity index (χ1) is 10.1. The third-order valence-electron chi connectivity index (χ3n) is 5.40. The first-order valence-electron chi connectivity index (χ1n) is 7.91. The molecule has 2 aliphatic carbocycles. The second-order valence-corrected chi connectivity index (χ2v) is 7.42. The number of imidazole rings is 1. The van der Waals surface area contributed by atoms with Gasteiger partial charge in [-0.15, -0.1) is 11.6 Å². The Morgan fingerprint density at radius 3 is 2.90 bits per heavy atom. The molecule has 4 atom stereocenters. The topological polar surface area (TPSA) is 17.8 Å². The molecule has 2 nitrogen and oxygen atoms in total. The maximum atomic E-state index is 13.6. The summed E-state index contributed by atoms with van der Waals surface area (Å²) < 4.78 is 15.8. The van der Waals surface area contributed by atoms with Crippen LogP contribution in [0, 0.1) is 23.6 Å². The number of aromatic nitrogens is 2. The van der Waals surface area contributed by atoms with Gasteiger partial charge >= 0.3 is 0 Å². The molecule has 4 unspecified atom stereocenters. The second-order valence-electron chi connectivity index (χ2n) is 6.76. The molecule has 0 saturated heterocycles. The van der Waals surface area contributed by atoms with Gasteiger partial charge in [0.15, 0.2) is 0 Å². The minimum Gasteiger partial charge on any atom is -0.326 e. The molecule has 1 aromatic carbocycles. The highest BCUT2D eigenvalue weighted by molar-refractivity contribution is 6.20. The van der Waals surface area contributed by atoms with Crippen LogP contribution in [-0.2, 0) is 6.54 Å². The van der Waals surface area contributed by atoms with E-state index in [0.717, 1.165) is 35.2 Å². The summed E-state index contributed by atoms with van der Waals surface area (Å²) in [6.45, 7) is 2.88. The summed E-state index contributed by atoms with van der Waals surface area (Å²) in [5.74, 6) is 3.15. The minimum absolute atomic E-state index is 0.154. The summed E-state index contributed by atoms with van der Waals surface area (Å²) in [5.41, 5.74) is 1.74. The van der Waals surface area contributed by atoms with Crippen molar-refractivity contribution >= 4 is 22.6 Å². The number of fused-ring (bicyclic) bond motifs is 3. The molecule has 2 aliphatic rings. The van der Waals surface area contributed by atoms with Crippen LogP contribution in [0.25, 0.3) is 11.0 Å². The molecule has 1 heterocycles. The van der Waals surface area contributed by atoms with E-state index in [1.54, 1.807) is 12.1 Å². The van der Waals surface area contributed by atoms with E-state index in [0.29, 0.717) is 5.92 Å². The van der Waals surface area contributed by atoms with Gasteiger partial charge in [0.25, 0.3) is 0 Å². The fourth-order valence-corrected chi connectivity index (χ4v) is 4.61. The van der Waals surface area contributed by atoms with Crippen LogP contribution in [0.1, 0.15) is 43.8 Å². The zero-order chi connectivity index (χ0) is 14.6. The Kier molecular flexibility index (Phi) is 3.21. The van der Waals surface area contributed by atoms with E-state index in [4.69, 9.17) is 11.6 Å². The molecule has 1 aromatic heterocycles. The highest BCUT2D eigenvalue weighted by Gasteiger charge is 2.39. The summed E-state index contributed by atoms with van der Waals surface area (Å²) in [5, 5.41) is -0.154. The van der Waals surface area contributed by atoms with Gasteiger partial charge in [-0.2, -0.15) is 0 Å². The molecule has 0 spiro atoms. The van der Waals surface area contributed by atoms with Crippen molar-refractivity contribution in [2.45, 2.75) is 44.5 Å². The highest BCUT2D eigenvalue weighted by Crippen LogP contribution is 2.49. The van der Waals surface area contributed by atoms with E-state index in [1.807, 2.05) is 6.92 Å². The molecule has 2 saturated carbocycles. The lowest BCUT2D eigenvalue weighted by molar-refractivity contribution is 0.295. The van der Waals surface area contributed by atoms with Crippen LogP contribution in [0.4, 0.5) is 4.39 Å². The van der Waals surface area contributed by atoms with Gasteiger partial charge in [-0.1, -0.05) is 6.42 Å². The maximum Gasteiger partial charge on any atom is 0.127 e. The summed E-state index contributed by atoms with van der Waals surface area (Å²) >= 11 is 6.31. The monoisotopic (exact) mass is 306 g/mol. The van der Waals surface area contributed by atoms with Gasteiger partial charge in [-0.3, -0.25) is 0 Å². The normalized spacial score (nSPS) is 29.4. The van der Waals surface area contributed by atoms with Crippen molar-refractivity contribution in [2.24, 2.45) is 17.8 Å². The Labute approximate surface area is 129 Å². The lowest BCUT2D eigenvalue weighted by Crippen LogP contribution is -2.19. The van der Waals surface area contributed by atoms with Crippen LogP contribution in [0.15, 0.2) is 18.2 Å². The molecule has 112 valence electrons. The average molecular weight is 307 g/mol. The highest BCUT2D eigenvalue weighted by atomic mass is 35.5. The lowest BCUT2D eigenvalue weighted by Gasteiger charge is -2.23. The lowest BCUT2D eigenvalue weighted by atomic mass is 9.88. The summed E-state index contributed by atoms with van der Waals surface area (Å²) in [7, 11) is 0. The summed E-state index contributed by atoms with van der Waals surface area (Å²) in [4.78, 5) is 4.62. The van der Waals surface area contributed by atoms with Crippen molar-refractivity contribution < 1.29 is 4.39 Å². The van der Waals surface area contributed by atoms with Crippen molar-refractivity contribution in [1.29, 1.82) is 0 Å². The summed E-state index contributed by atoms with van der Waals surface area (Å²) in [6.07, 6.45) is 5.47. The second kappa shape index (κ2) is 4.98. The maximum absolute atomic E-state index is 13.6. The molecule has 4 rings (SSSR count). The largest absolute Gasteiger partial charge is 0.326 e. The smallest absolute Gasteiger partial charge is 0.127 e. The van der Waals surface area contributed by atoms with Crippen molar-refractivity contribution in [1.82, 2.24) is 9.55 Å². The number of hydrogen-bond donors (Lipinski definition) is 0. The molecule has 0 N–H and O–H groups in total. The molecule has 2 fully saturated rings. The van der Waals surface area contributed by atoms with E-state index >= 15 is 0 Å². The van der Waals surface area contributed by atoms with Crippen molar-refractivity contribution in [3.63, 3.8) is 0 Å². The fourth-order valence-electron chi connectivity index (χ4n) is 4.44. The average Bonchev–Trinajstić information content (AvgIpc) is 3.13. The molecule has 0 aliphatic heterocycles. The van der Waals surface area contributed by atoms with Crippen molar-refractivity contribution in [3.8, 4) is 0 Å². The summed E-state index contributed by atoms with van der Waals surface area (Å²) in [6, 6.07) is 4.82. The van der Waals surface area contributed by atoms with E-state index in [2.05, 4.69) is 9.55 Å². The molecular weight excluding hydrogens is 287 g/mol. The zero-order valence-corrected chi connectivity index (χ0v) is 13.0. The molecule has 0 radical (unpaired) electrons. The quantitative estimate of drug-likeness (QED) is 0.737. The van der Waals surface area contributed by atoms with Crippen molar-refractivity contribution in [3.05, 3.63) is 29.8 Å². The molecule has 2 bridgehead atoms. The molecule has 4 heteroatoms. The predicted molar refractivity (Wildman–Crippen MR) is 82.9 cm³/mol. The Hall–Kier alpha value is -1.09. The first kappa shape index (κ1) is 13.6. The minimum atomic E-state index is -0.203. The third kappa shape index (κ3) is 2.26. The van der Waals surface area contributed by atoms with E-state index in [9.17, 15) is 4.39 Å². The van der Waals surface area contributed by atoms with Crippen LogP contribution in [-0.4, -0.2) is 9.55 Å². The fraction of sp³-hybridized carbons (Fsp3) is 0.588. The van der Waals surface area contributed by atoms with Gasteiger partial charge in [0.1, 0.15) is 11.6 Å². The standard InChI is InChI=1S/C17H20ClFN2/c1-10(18)17-20-15-5-4-14(19)8-16(15)21(17)9-13-7-11-2-3-12(13)6-11/h4-5,8,10-13H,2-3,6-7,9H2,1H3. The van der Waals surface area contributed by atoms with Gasteiger partial charge in [-0.25, -0.2) is 9.37 Å². The number of nitrogens with zero attached hydrogens (tertiary/aromatic N) is 2. The predicted octanol–water partition coefficient (Wildman–Crippen LogP) is 4.91. The van der Waals surface area contributed by atoms with E-state index in [1.165, 1.54) is 31.7 Å². The number of hydrogen-bond acceptors (Lipinski definition) is 1.